The van der Waals surface area contributed by atoms with Crippen molar-refractivity contribution < 1.29 is 23.6 Å². The minimum Gasteiger partial charge on any atom is -0.338 e. The van der Waals surface area contributed by atoms with Crippen molar-refractivity contribution in [2.24, 2.45) is 13.0 Å². The molecule has 0 bridgehead atoms. The van der Waals surface area contributed by atoms with Gasteiger partial charge in [-0.15, -0.1) is 0 Å². The van der Waals surface area contributed by atoms with Crippen LogP contribution in [-0.4, -0.2) is 153 Å². The Kier molecular flexibility index (Phi) is 15.9. The molecule has 0 atom stereocenters. The van der Waals surface area contributed by atoms with Crippen LogP contribution in [0.25, 0.3) is 21.9 Å². The minimum atomic E-state index is -0.616. The van der Waals surface area contributed by atoms with Gasteiger partial charge in [0.25, 0.3) is 17.4 Å². The number of amides is 4. The third-order valence-corrected chi connectivity index (χ3v) is 14.4. The number of aromatic nitrogens is 4. The highest BCUT2D eigenvalue weighted by molar-refractivity contribution is 6.03. The molecule has 0 saturated carbocycles. The molecule has 6 aromatic rings. The summed E-state index contributed by atoms with van der Waals surface area (Å²) in [7, 11) is 1.68. The Hall–Kier alpha value is -7.41. The molecular formula is C55H62FN11O6. The number of anilines is 1. The Labute approximate surface area is 423 Å². The van der Waals surface area contributed by atoms with Crippen molar-refractivity contribution in [1.82, 2.24) is 49.6 Å². The molecule has 0 radical (unpaired) electrons. The number of piperidine rings is 1. The van der Waals surface area contributed by atoms with Gasteiger partial charge in [0, 0.05) is 121 Å². The zero-order valence-corrected chi connectivity index (χ0v) is 41.4. The molecule has 3 saturated heterocycles. The van der Waals surface area contributed by atoms with Gasteiger partial charge in [-0.25, -0.2) is 14.5 Å². The van der Waals surface area contributed by atoms with Crippen LogP contribution in [0.5, 0.6) is 0 Å². The second kappa shape index (κ2) is 23.0. The van der Waals surface area contributed by atoms with Crippen molar-refractivity contribution in [2.75, 3.05) is 90.4 Å². The number of rotatable bonds is 15. The van der Waals surface area contributed by atoms with Gasteiger partial charge < -0.3 is 34.8 Å². The van der Waals surface area contributed by atoms with E-state index in [0.29, 0.717) is 92.4 Å². The number of likely N-dealkylation sites (tertiary alicyclic amines) is 1. The van der Waals surface area contributed by atoms with E-state index in [0.717, 1.165) is 68.7 Å². The van der Waals surface area contributed by atoms with Gasteiger partial charge in [-0.05, 0) is 71.7 Å². The van der Waals surface area contributed by atoms with E-state index in [1.165, 1.54) is 22.3 Å². The average Bonchev–Trinajstić information content (AvgIpc) is 3.41. The first-order chi connectivity index (χ1) is 35.4. The number of benzene rings is 3. The Bertz CT molecular complexity index is 3120. The first-order valence-corrected chi connectivity index (χ1v) is 25.2. The van der Waals surface area contributed by atoms with Crippen LogP contribution < -0.4 is 21.8 Å². The van der Waals surface area contributed by atoms with Crippen LogP contribution in [0.15, 0.2) is 107 Å². The minimum absolute atomic E-state index is 0.00923. The van der Waals surface area contributed by atoms with Gasteiger partial charge in [-0.3, -0.25) is 33.7 Å². The largest absolute Gasteiger partial charge is 0.338 e. The number of carbonyl (C=O) groups excluding carboxylic acids is 4. The second-order valence-corrected chi connectivity index (χ2v) is 19.3. The normalized spacial score (nSPS) is 16.0. The molecule has 3 fully saturated rings. The highest BCUT2D eigenvalue weighted by Gasteiger charge is 2.31. The highest BCUT2D eigenvalue weighted by Crippen LogP contribution is 2.28. The van der Waals surface area contributed by atoms with E-state index in [2.05, 4.69) is 54.7 Å². The molecule has 6 heterocycles. The van der Waals surface area contributed by atoms with E-state index >= 15 is 4.39 Å². The van der Waals surface area contributed by atoms with E-state index in [4.69, 9.17) is 0 Å². The van der Waals surface area contributed by atoms with E-state index in [-0.39, 0.29) is 46.6 Å². The molecule has 0 spiro atoms. The lowest BCUT2D eigenvalue weighted by Crippen LogP contribution is -2.55. The van der Waals surface area contributed by atoms with Crippen LogP contribution in [0.1, 0.15) is 63.0 Å². The SMILES string of the molecule is CCc1cccc(-c2cnc(C(=O)N3CCC(CN4CCN(CC(=O)N5CCN(C(=O)c6cc(Cc7n[nH]c(=O)c8ccccc78)ccc6F)CC5)CC4)CC3)c(NC(=O)CNCc3ccc(=O)n(C)c3)c2)c1. The standard InChI is InChI=1S/C55H62FN11O6/c1-3-37-7-6-8-41(27-37)42-30-48(59-49(68)33-57-31-40-12-14-50(69)62(2)34-40)52(58-32-42)55(73)66-17-15-38(16-18-66)35-63-19-21-64(22-20-63)36-51(70)65-23-25-67(26-24-65)54(72)45-28-39(11-13-46(45)56)29-47-43-9-4-5-10-44(43)53(71)61-60-47/h4-14,27-28,30,32,34,38,57H,3,15-26,29,31,33,35-36H2,1-2H3,(H,59,68)(H,61,71). The van der Waals surface area contributed by atoms with Crippen molar-refractivity contribution in [3.05, 3.63) is 157 Å². The number of carbonyl (C=O) groups is 4. The fourth-order valence-corrected chi connectivity index (χ4v) is 10.1. The third-order valence-electron chi connectivity index (χ3n) is 14.4. The summed E-state index contributed by atoms with van der Waals surface area (Å²) in [6.07, 6.45) is 6.26. The van der Waals surface area contributed by atoms with E-state index in [1.54, 1.807) is 59.6 Å². The van der Waals surface area contributed by atoms with Gasteiger partial charge in [0.05, 0.1) is 35.4 Å². The first-order valence-electron chi connectivity index (χ1n) is 25.2. The Balaban J connectivity index is 0.724. The number of aryl methyl sites for hydroxylation is 2. The summed E-state index contributed by atoms with van der Waals surface area (Å²) in [6.45, 7) is 9.29. The smallest absolute Gasteiger partial charge is 0.274 e. The summed E-state index contributed by atoms with van der Waals surface area (Å²) in [5.41, 5.74) is 5.19. The molecule has 3 aliphatic rings. The number of nitrogens with zero attached hydrogens (tertiary/aromatic N) is 8. The number of nitrogens with one attached hydrogen (secondary N) is 3. The monoisotopic (exact) mass is 991 g/mol. The van der Waals surface area contributed by atoms with Crippen molar-refractivity contribution in [1.29, 1.82) is 0 Å². The number of H-pyrrole nitrogens is 1. The Morgan fingerprint density at radius 1 is 0.726 bits per heavy atom. The summed E-state index contributed by atoms with van der Waals surface area (Å²) in [6, 6.07) is 24.8. The fraction of sp³-hybridized carbons (Fsp3) is 0.382. The second-order valence-electron chi connectivity index (χ2n) is 19.3. The third kappa shape index (κ3) is 12.3. The molecule has 17 nitrogen and oxygen atoms in total. The lowest BCUT2D eigenvalue weighted by Gasteiger charge is -2.40. The van der Waals surface area contributed by atoms with E-state index in [9.17, 15) is 28.8 Å². The molecule has 0 unspecified atom stereocenters. The van der Waals surface area contributed by atoms with Gasteiger partial charge in [-0.1, -0.05) is 61.5 Å². The molecule has 73 heavy (non-hydrogen) atoms. The summed E-state index contributed by atoms with van der Waals surface area (Å²) in [5, 5.41) is 14.1. The van der Waals surface area contributed by atoms with Crippen molar-refractivity contribution in [2.45, 2.75) is 39.2 Å². The van der Waals surface area contributed by atoms with Crippen LogP contribution >= 0.6 is 0 Å². The van der Waals surface area contributed by atoms with Crippen LogP contribution in [0.2, 0.25) is 0 Å². The molecule has 0 aliphatic carbocycles. The molecule has 4 amide bonds. The maximum absolute atomic E-state index is 15.1. The molecular weight excluding hydrogens is 930 g/mol. The van der Waals surface area contributed by atoms with Gasteiger partial charge in [0.2, 0.25) is 17.4 Å². The van der Waals surface area contributed by atoms with Crippen molar-refractivity contribution in [3.63, 3.8) is 0 Å². The van der Waals surface area contributed by atoms with Gasteiger partial charge in [-0.2, -0.15) is 5.10 Å². The van der Waals surface area contributed by atoms with Gasteiger partial charge in [0.1, 0.15) is 5.82 Å². The molecule has 18 heteroatoms. The van der Waals surface area contributed by atoms with Gasteiger partial charge >= 0.3 is 0 Å². The molecule has 3 aromatic heterocycles. The lowest BCUT2D eigenvalue weighted by atomic mass is 9.95. The Morgan fingerprint density at radius 2 is 1.44 bits per heavy atom. The zero-order chi connectivity index (χ0) is 51.0. The topological polar surface area (TPSA) is 189 Å². The highest BCUT2D eigenvalue weighted by atomic mass is 19.1. The van der Waals surface area contributed by atoms with Crippen molar-refractivity contribution in [3.8, 4) is 11.1 Å². The maximum Gasteiger partial charge on any atom is 0.274 e. The molecule has 3 aliphatic heterocycles. The predicted molar refractivity (Wildman–Crippen MR) is 277 cm³/mol. The Morgan fingerprint density at radius 3 is 2.19 bits per heavy atom. The maximum atomic E-state index is 15.1. The molecule has 9 rings (SSSR count). The number of piperazine rings is 2. The number of aromatic amines is 1. The van der Waals surface area contributed by atoms with Crippen LogP contribution in [0.4, 0.5) is 10.1 Å². The van der Waals surface area contributed by atoms with E-state index < -0.39 is 11.7 Å². The van der Waals surface area contributed by atoms with Crippen LogP contribution in [0, 0.1) is 11.7 Å². The number of fused-ring (bicyclic) bond motifs is 1. The average molecular weight is 992 g/mol. The zero-order valence-electron chi connectivity index (χ0n) is 41.4. The van der Waals surface area contributed by atoms with Crippen LogP contribution in [0.3, 0.4) is 0 Å². The number of hydrogen-bond acceptors (Lipinski definition) is 11. The number of hydrogen-bond donors (Lipinski definition) is 3. The summed E-state index contributed by atoms with van der Waals surface area (Å²) in [4.78, 5) is 93.1. The first kappa shape index (κ1) is 50.5. The van der Waals surface area contributed by atoms with E-state index in [1.807, 2.05) is 35.2 Å². The number of pyridine rings is 2. The lowest BCUT2D eigenvalue weighted by molar-refractivity contribution is -0.134. The molecule has 380 valence electrons. The molecule has 3 N–H and O–H groups in total. The summed E-state index contributed by atoms with van der Waals surface area (Å²) in [5.74, 6) is -1.17. The summed E-state index contributed by atoms with van der Waals surface area (Å²) >= 11 is 0. The van der Waals surface area contributed by atoms with Crippen molar-refractivity contribution >= 4 is 40.1 Å². The van der Waals surface area contributed by atoms with Gasteiger partial charge in [0.15, 0.2) is 5.69 Å². The quantitative estimate of drug-likeness (QED) is 0.134. The fourth-order valence-electron chi connectivity index (χ4n) is 10.1. The molecule has 3 aromatic carbocycles. The summed E-state index contributed by atoms with van der Waals surface area (Å²) < 4.78 is 16.6. The predicted octanol–water partition coefficient (Wildman–Crippen LogP) is 4.16. The van der Waals surface area contributed by atoms with Crippen LogP contribution in [-0.2, 0) is 36.0 Å². The number of halogens is 1.